The third kappa shape index (κ3) is 4.59. The molecule has 1 aliphatic carbocycles. The van der Waals surface area contributed by atoms with Gasteiger partial charge in [0.15, 0.2) is 0 Å². The van der Waals surface area contributed by atoms with Gasteiger partial charge in [-0.2, -0.15) is 0 Å². The van der Waals surface area contributed by atoms with Gasteiger partial charge >= 0.3 is 0 Å². The predicted molar refractivity (Wildman–Crippen MR) is 52.5 cm³/mol. The third-order valence-corrected chi connectivity index (χ3v) is 3.51. The Labute approximate surface area is 79.7 Å². The summed E-state index contributed by atoms with van der Waals surface area (Å²) in [6, 6.07) is 0.325. The summed E-state index contributed by atoms with van der Waals surface area (Å²) in [5.74, 6) is 0.630. The van der Waals surface area contributed by atoms with Gasteiger partial charge in [0.1, 0.15) is 0 Å². The van der Waals surface area contributed by atoms with E-state index in [-0.39, 0.29) is 5.75 Å². The molecule has 0 aromatic carbocycles. The van der Waals surface area contributed by atoms with Crippen LogP contribution in [0.2, 0.25) is 0 Å². The first kappa shape index (κ1) is 10.9. The predicted octanol–water partition coefficient (Wildman–Crippen LogP) is 0.182. The first-order valence-electron chi connectivity index (χ1n) is 4.73. The standard InChI is InChI=1S/C8H18N2O2S/c9-8-3-1-7(2-4-8)5-6-13(10,11)12/h7-8H,1-6,9H2,(H2,10,11,12). The van der Waals surface area contributed by atoms with E-state index in [0.717, 1.165) is 25.7 Å². The molecule has 4 N–H and O–H groups in total. The molecular formula is C8H18N2O2S. The SMILES string of the molecule is NC1CCC(CCS(N)(=O)=O)CC1. The van der Waals surface area contributed by atoms with Crippen molar-refractivity contribution in [3.63, 3.8) is 0 Å². The number of rotatable bonds is 3. The maximum Gasteiger partial charge on any atom is 0.209 e. The molecule has 0 bridgehead atoms. The summed E-state index contributed by atoms with van der Waals surface area (Å²) in [7, 11) is -3.27. The smallest absolute Gasteiger partial charge is 0.209 e. The van der Waals surface area contributed by atoms with Crippen LogP contribution in [0.25, 0.3) is 0 Å². The highest BCUT2D eigenvalue weighted by molar-refractivity contribution is 7.89. The number of hydrogen-bond donors (Lipinski definition) is 2. The molecule has 13 heavy (non-hydrogen) atoms. The molecule has 0 aromatic rings. The van der Waals surface area contributed by atoms with Crippen LogP contribution in [-0.2, 0) is 10.0 Å². The zero-order valence-electron chi connectivity index (χ0n) is 7.78. The molecule has 0 unspecified atom stereocenters. The lowest BCUT2D eigenvalue weighted by molar-refractivity contribution is 0.319. The maximum atomic E-state index is 10.7. The minimum Gasteiger partial charge on any atom is -0.328 e. The Morgan fingerprint density at radius 3 is 2.15 bits per heavy atom. The molecule has 0 radical (unpaired) electrons. The topological polar surface area (TPSA) is 86.2 Å². The van der Waals surface area contributed by atoms with Crippen LogP contribution in [0.15, 0.2) is 0 Å². The molecular weight excluding hydrogens is 188 g/mol. The van der Waals surface area contributed by atoms with Crippen LogP contribution in [0.4, 0.5) is 0 Å². The number of sulfonamides is 1. The van der Waals surface area contributed by atoms with Gasteiger partial charge in [0.05, 0.1) is 5.75 Å². The molecule has 0 aromatic heterocycles. The molecule has 0 atom stereocenters. The Bertz CT molecular complexity index is 243. The van der Waals surface area contributed by atoms with Crippen LogP contribution in [-0.4, -0.2) is 20.2 Å². The minimum absolute atomic E-state index is 0.118. The van der Waals surface area contributed by atoms with E-state index in [0.29, 0.717) is 18.4 Å². The summed E-state index contributed by atoms with van der Waals surface area (Å²) >= 11 is 0. The Hall–Kier alpha value is -0.130. The van der Waals surface area contributed by atoms with E-state index in [1.54, 1.807) is 0 Å². The zero-order valence-corrected chi connectivity index (χ0v) is 8.59. The molecule has 5 heteroatoms. The van der Waals surface area contributed by atoms with Crippen molar-refractivity contribution in [1.82, 2.24) is 0 Å². The molecule has 1 saturated carbocycles. The highest BCUT2D eigenvalue weighted by atomic mass is 32.2. The zero-order chi connectivity index (χ0) is 9.90. The lowest BCUT2D eigenvalue weighted by atomic mass is 9.85. The second-order valence-electron chi connectivity index (χ2n) is 3.94. The highest BCUT2D eigenvalue weighted by Gasteiger charge is 2.19. The second kappa shape index (κ2) is 4.39. The molecule has 78 valence electrons. The van der Waals surface area contributed by atoms with Gasteiger partial charge in [0, 0.05) is 6.04 Å². The van der Waals surface area contributed by atoms with E-state index in [1.165, 1.54) is 0 Å². The van der Waals surface area contributed by atoms with E-state index >= 15 is 0 Å². The van der Waals surface area contributed by atoms with Crippen LogP contribution < -0.4 is 10.9 Å². The normalized spacial score (nSPS) is 30.3. The minimum atomic E-state index is -3.27. The van der Waals surface area contributed by atoms with Crippen LogP contribution in [0, 0.1) is 5.92 Å². The summed E-state index contributed by atoms with van der Waals surface area (Å²) in [6.45, 7) is 0. The molecule has 1 fully saturated rings. The molecule has 0 spiro atoms. The average molecular weight is 206 g/mol. The van der Waals surface area contributed by atoms with Crippen LogP contribution in [0.1, 0.15) is 32.1 Å². The maximum absolute atomic E-state index is 10.7. The van der Waals surface area contributed by atoms with Crippen molar-refractivity contribution in [2.24, 2.45) is 16.8 Å². The van der Waals surface area contributed by atoms with Crippen LogP contribution in [0.5, 0.6) is 0 Å². The largest absolute Gasteiger partial charge is 0.328 e. The molecule has 1 aliphatic rings. The van der Waals surface area contributed by atoms with Crippen molar-refractivity contribution in [3.05, 3.63) is 0 Å². The lowest BCUT2D eigenvalue weighted by Crippen LogP contribution is -2.28. The first-order chi connectivity index (χ1) is 5.97. The summed E-state index contributed by atoms with van der Waals surface area (Å²) in [5, 5.41) is 4.93. The Balaban J connectivity index is 2.24. The van der Waals surface area contributed by atoms with E-state index in [2.05, 4.69) is 0 Å². The van der Waals surface area contributed by atoms with E-state index < -0.39 is 10.0 Å². The molecule has 0 saturated heterocycles. The fourth-order valence-electron chi connectivity index (χ4n) is 1.81. The number of nitrogens with two attached hydrogens (primary N) is 2. The van der Waals surface area contributed by atoms with Gasteiger partial charge in [-0.25, -0.2) is 13.6 Å². The summed E-state index contributed by atoms with van der Waals surface area (Å²) in [4.78, 5) is 0. The van der Waals surface area contributed by atoms with E-state index in [1.807, 2.05) is 0 Å². The number of primary sulfonamides is 1. The van der Waals surface area contributed by atoms with E-state index in [4.69, 9.17) is 10.9 Å². The average Bonchev–Trinajstić information content (AvgIpc) is 2.02. The summed E-state index contributed by atoms with van der Waals surface area (Å²) in [5.41, 5.74) is 5.74. The molecule has 0 aliphatic heterocycles. The third-order valence-electron chi connectivity index (χ3n) is 2.70. The van der Waals surface area contributed by atoms with Gasteiger partial charge in [-0.15, -0.1) is 0 Å². The summed E-state index contributed by atoms with van der Waals surface area (Å²) < 4.78 is 21.4. The molecule has 0 heterocycles. The van der Waals surface area contributed by atoms with Crippen LogP contribution >= 0.6 is 0 Å². The van der Waals surface area contributed by atoms with Crippen molar-refractivity contribution in [3.8, 4) is 0 Å². The van der Waals surface area contributed by atoms with Crippen molar-refractivity contribution >= 4 is 10.0 Å². The molecule has 0 amide bonds. The van der Waals surface area contributed by atoms with Gasteiger partial charge < -0.3 is 5.73 Å². The van der Waals surface area contributed by atoms with E-state index in [9.17, 15) is 8.42 Å². The lowest BCUT2D eigenvalue weighted by Gasteiger charge is -2.25. The van der Waals surface area contributed by atoms with Gasteiger partial charge in [-0.05, 0) is 38.0 Å². The fraction of sp³-hybridized carbons (Fsp3) is 1.00. The van der Waals surface area contributed by atoms with Gasteiger partial charge in [0.25, 0.3) is 0 Å². The Morgan fingerprint density at radius 1 is 1.15 bits per heavy atom. The molecule has 4 nitrogen and oxygen atoms in total. The highest BCUT2D eigenvalue weighted by Crippen LogP contribution is 2.25. The van der Waals surface area contributed by atoms with Gasteiger partial charge in [-0.1, -0.05) is 0 Å². The van der Waals surface area contributed by atoms with Crippen molar-refractivity contribution in [1.29, 1.82) is 0 Å². The first-order valence-corrected chi connectivity index (χ1v) is 6.45. The van der Waals surface area contributed by atoms with Crippen molar-refractivity contribution in [2.75, 3.05) is 5.75 Å². The van der Waals surface area contributed by atoms with Crippen LogP contribution in [0.3, 0.4) is 0 Å². The van der Waals surface area contributed by atoms with Gasteiger partial charge in [-0.3, -0.25) is 0 Å². The monoisotopic (exact) mass is 206 g/mol. The number of hydrogen-bond acceptors (Lipinski definition) is 3. The van der Waals surface area contributed by atoms with Crippen molar-refractivity contribution < 1.29 is 8.42 Å². The second-order valence-corrected chi connectivity index (χ2v) is 5.67. The van der Waals surface area contributed by atoms with Crippen molar-refractivity contribution in [2.45, 2.75) is 38.1 Å². The quantitative estimate of drug-likeness (QED) is 0.690. The summed E-state index contributed by atoms with van der Waals surface area (Å²) in [6.07, 6.45) is 4.85. The van der Waals surface area contributed by atoms with Gasteiger partial charge in [0.2, 0.25) is 10.0 Å². The Morgan fingerprint density at radius 2 is 1.69 bits per heavy atom. The molecule has 1 rings (SSSR count). The Kier molecular flexibility index (Phi) is 3.70. The fourth-order valence-corrected chi connectivity index (χ4v) is 2.47.